The highest BCUT2D eigenvalue weighted by atomic mass is 35.5. The van der Waals surface area contributed by atoms with Gasteiger partial charge in [-0.15, -0.1) is 0 Å². The van der Waals surface area contributed by atoms with Crippen LogP contribution in [0, 0.1) is 4.77 Å². The van der Waals surface area contributed by atoms with Crippen LogP contribution in [0.4, 0.5) is 0 Å². The predicted molar refractivity (Wildman–Crippen MR) is 49.6 cm³/mol. The fourth-order valence-electron chi connectivity index (χ4n) is 0.587. The first-order chi connectivity index (χ1) is 5.52. The van der Waals surface area contributed by atoms with Crippen molar-refractivity contribution in [2.75, 3.05) is 0 Å². The second-order valence-electron chi connectivity index (χ2n) is 1.80. The van der Waals surface area contributed by atoms with Crippen LogP contribution in [-0.4, -0.2) is 15.2 Å². The minimum absolute atomic E-state index is 0.000000000000000222. The van der Waals surface area contributed by atoms with Gasteiger partial charge < -0.3 is 4.98 Å². The highest BCUT2D eigenvalue weighted by Gasteiger charge is 2.13. The van der Waals surface area contributed by atoms with Crippen molar-refractivity contribution >= 4 is 52.3 Å². The highest BCUT2D eigenvalue weighted by molar-refractivity contribution is 7.71. The Bertz CT molecular complexity index is 363. The van der Waals surface area contributed by atoms with Gasteiger partial charge in [-0.1, -0.05) is 23.2 Å². The molecule has 12 heavy (non-hydrogen) atoms. The summed E-state index contributed by atoms with van der Waals surface area (Å²) >= 11 is 20.9. The van der Waals surface area contributed by atoms with Crippen molar-refractivity contribution in [1.82, 2.24) is 9.97 Å². The summed E-state index contributed by atoms with van der Waals surface area (Å²) in [5, 5.41) is -0.868. The van der Waals surface area contributed by atoms with E-state index in [0.29, 0.717) is 0 Å². The Morgan fingerprint density at radius 1 is 1.50 bits per heavy atom. The molecule has 1 rings (SSSR count). The van der Waals surface area contributed by atoms with Crippen molar-refractivity contribution in [2.24, 2.45) is 0 Å². The van der Waals surface area contributed by atoms with Gasteiger partial charge in [0.25, 0.3) is 5.24 Å². The SMILES string of the molecule is O=C(Cl)c1c(Cl)nc(=S)[nH]c1Cl. The lowest BCUT2D eigenvalue weighted by Gasteiger charge is -1.98. The standard InChI is InChI=1S/C5HCl3N2OS/c6-2-1(4(8)11)3(7)10-5(12)9-2/h(H,9,10,12). The van der Waals surface area contributed by atoms with Crippen molar-refractivity contribution < 1.29 is 4.79 Å². The molecule has 0 spiro atoms. The van der Waals surface area contributed by atoms with Crippen molar-refractivity contribution in [3.05, 3.63) is 20.6 Å². The third-order valence-electron chi connectivity index (χ3n) is 1.04. The summed E-state index contributed by atoms with van der Waals surface area (Å²) in [5.41, 5.74) is -0.0615. The summed E-state index contributed by atoms with van der Waals surface area (Å²) in [7, 11) is 0. The van der Waals surface area contributed by atoms with E-state index in [1.54, 1.807) is 0 Å². The van der Waals surface area contributed by atoms with Crippen LogP contribution in [-0.2, 0) is 0 Å². The van der Waals surface area contributed by atoms with Gasteiger partial charge in [-0.3, -0.25) is 4.79 Å². The summed E-state index contributed by atoms with van der Waals surface area (Å²) in [6, 6.07) is 0. The third kappa shape index (κ3) is 1.95. The summed E-state index contributed by atoms with van der Waals surface area (Å²) in [6.07, 6.45) is 0. The number of nitrogens with zero attached hydrogens (tertiary/aromatic N) is 1. The van der Waals surface area contributed by atoms with Crippen molar-refractivity contribution in [3.8, 4) is 0 Å². The molecular formula is C5HCl3N2OS. The van der Waals surface area contributed by atoms with E-state index in [1.165, 1.54) is 0 Å². The highest BCUT2D eigenvalue weighted by Crippen LogP contribution is 2.21. The second kappa shape index (κ2) is 3.70. The maximum atomic E-state index is 10.7. The molecule has 1 N–H and O–H groups in total. The zero-order valence-corrected chi connectivity index (χ0v) is 8.48. The van der Waals surface area contributed by atoms with Gasteiger partial charge in [0.2, 0.25) is 0 Å². The van der Waals surface area contributed by atoms with E-state index < -0.39 is 5.24 Å². The number of aromatic nitrogens is 2. The number of carbonyl (C=O) groups excluding carboxylic acids is 1. The molecule has 1 aromatic heterocycles. The summed E-state index contributed by atoms with van der Waals surface area (Å²) in [4.78, 5) is 16.7. The first-order valence-electron chi connectivity index (χ1n) is 2.67. The fraction of sp³-hybridized carbons (Fsp3) is 0. The molecule has 0 saturated heterocycles. The minimum atomic E-state index is -0.774. The molecule has 0 bridgehead atoms. The van der Waals surface area contributed by atoms with Crippen molar-refractivity contribution in [1.29, 1.82) is 0 Å². The number of aromatic amines is 1. The van der Waals surface area contributed by atoms with Crippen LogP contribution in [0.15, 0.2) is 0 Å². The van der Waals surface area contributed by atoms with Crippen LogP contribution >= 0.6 is 47.0 Å². The van der Waals surface area contributed by atoms with E-state index in [4.69, 9.17) is 34.8 Å². The lowest BCUT2D eigenvalue weighted by atomic mass is 10.4. The zero-order valence-electron chi connectivity index (χ0n) is 5.40. The number of hydrogen-bond donors (Lipinski definition) is 1. The Morgan fingerprint density at radius 3 is 2.50 bits per heavy atom. The average molecular weight is 244 g/mol. The predicted octanol–water partition coefficient (Wildman–Crippen LogP) is 2.82. The molecular weight excluding hydrogens is 242 g/mol. The van der Waals surface area contributed by atoms with Gasteiger partial charge in [-0.2, -0.15) is 0 Å². The molecule has 1 heterocycles. The lowest BCUT2D eigenvalue weighted by Crippen LogP contribution is -1.97. The van der Waals surface area contributed by atoms with Gasteiger partial charge in [-0.05, 0) is 23.8 Å². The Kier molecular flexibility index (Phi) is 3.06. The molecule has 0 unspecified atom stereocenters. The molecule has 3 nitrogen and oxygen atoms in total. The molecule has 0 aliphatic rings. The maximum absolute atomic E-state index is 10.7. The third-order valence-corrected chi connectivity index (χ3v) is 1.98. The molecule has 0 saturated carbocycles. The summed E-state index contributed by atoms with van der Waals surface area (Å²) in [6.45, 7) is 0. The van der Waals surface area contributed by atoms with E-state index >= 15 is 0 Å². The number of hydrogen-bond acceptors (Lipinski definition) is 3. The molecule has 0 atom stereocenters. The van der Waals surface area contributed by atoms with Gasteiger partial charge in [0.05, 0.1) is 0 Å². The Balaban J connectivity index is 3.48. The molecule has 1 aromatic rings. The monoisotopic (exact) mass is 242 g/mol. The van der Waals surface area contributed by atoms with Crippen LogP contribution in [0.5, 0.6) is 0 Å². The van der Waals surface area contributed by atoms with Crippen LogP contribution in [0.25, 0.3) is 0 Å². The number of nitrogens with one attached hydrogen (secondary N) is 1. The Hall–Kier alpha value is -0.160. The molecule has 0 aliphatic heterocycles. The number of H-pyrrole nitrogens is 1. The lowest BCUT2D eigenvalue weighted by molar-refractivity contribution is 0.108. The average Bonchev–Trinajstić information content (AvgIpc) is 1.82. The molecule has 64 valence electrons. The Morgan fingerprint density at radius 2 is 2.08 bits per heavy atom. The number of halogens is 3. The summed E-state index contributed by atoms with van der Waals surface area (Å²) < 4.78 is 0.103. The van der Waals surface area contributed by atoms with E-state index in [-0.39, 0.29) is 20.6 Å². The smallest absolute Gasteiger partial charge is 0.258 e. The second-order valence-corrected chi connectivity index (χ2v) is 3.26. The fourth-order valence-corrected chi connectivity index (χ4v) is 1.75. The van der Waals surface area contributed by atoms with Gasteiger partial charge in [0.15, 0.2) is 4.77 Å². The van der Waals surface area contributed by atoms with E-state index in [2.05, 4.69) is 22.2 Å². The zero-order chi connectivity index (χ0) is 9.30. The van der Waals surface area contributed by atoms with Gasteiger partial charge in [0.1, 0.15) is 15.9 Å². The van der Waals surface area contributed by atoms with Crippen molar-refractivity contribution in [2.45, 2.75) is 0 Å². The minimum Gasteiger partial charge on any atom is -0.321 e. The number of rotatable bonds is 1. The first-order valence-corrected chi connectivity index (χ1v) is 4.21. The van der Waals surface area contributed by atoms with Crippen LogP contribution < -0.4 is 0 Å². The molecule has 0 aromatic carbocycles. The molecule has 0 radical (unpaired) electrons. The molecule has 0 amide bonds. The first kappa shape index (κ1) is 9.92. The van der Waals surface area contributed by atoms with Gasteiger partial charge in [-0.25, -0.2) is 4.98 Å². The van der Waals surface area contributed by atoms with Crippen LogP contribution in [0.3, 0.4) is 0 Å². The normalized spacial score (nSPS) is 9.92. The quantitative estimate of drug-likeness (QED) is 0.469. The maximum Gasteiger partial charge on any atom is 0.258 e. The summed E-state index contributed by atoms with van der Waals surface area (Å²) in [5.74, 6) is 0. The van der Waals surface area contributed by atoms with E-state index in [9.17, 15) is 4.79 Å². The number of carbonyl (C=O) groups is 1. The molecule has 7 heteroatoms. The van der Waals surface area contributed by atoms with Crippen LogP contribution in [0.2, 0.25) is 10.3 Å². The molecule has 0 aliphatic carbocycles. The van der Waals surface area contributed by atoms with E-state index in [0.717, 1.165) is 0 Å². The topological polar surface area (TPSA) is 45.8 Å². The van der Waals surface area contributed by atoms with Crippen molar-refractivity contribution in [3.63, 3.8) is 0 Å². The van der Waals surface area contributed by atoms with E-state index in [1.807, 2.05) is 0 Å². The van der Waals surface area contributed by atoms with Gasteiger partial charge >= 0.3 is 0 Å². The largest absolute Gasteiger partial charge is 0.321 e. The van der Waals surface area contributed by atoms with Gasteiger partial charge in [0, 0.05) is 0 Å². The Labute approximate surface area is 87.7 Å². The molecule has 0 fully saturated rings. The van der Waals surface area contributed by atoms with Crippen LogP contribution in [0.1, 0.15) is 10.4 Å².